The Morgan fingerprint density at radius 2 is 1.84 bits per heavy atom. The van der Waals surface area contributed by atoms with Gasteiger partial charge in [-0.2, -0.15) is 0 Å². The van der Waals surface area contributed by atoms with Crippen molar-refractivity contribution in [3.8, 4) is 0 Å². The highest BCUT2D eigenvalue weighted by Crippen LogP contribution is 2.39. The van der Waals surface area contributed by atoms with Crippen molar-refractivity contribution in [3.05, 3.63) is 93.7 Å². The molecule has 1 aromatic heterocycles. The van der Waals surface area contributed by atoms with E-state index < -0.39 is 11.6 Å². The highest BCUT2D eigenvalue weighted by Gasteiger charge is 2.54. The van der Waals surface area contributed by atoms with E-state index in [0.717, 1.165) is 39.3 Å². The standard InChI is InChI=1S/C25H23N3O3S/c29-21(26-22(20-13-7-15-32-20)18-9-2-1-3-10-18)16-28-23(30)25(27-24(28)31)14-6-11-17-8-4-5-12-19(17)25/h1-5,7-10,12-13,15,22H,6,11,14,16H2,(H,26,29)(H,27,31). The van der Waals surface area contributed by atoms with Crippen LogP contribution in [0.5, 0.6) is 0 Å². The summed E-state index contributed by atoms with van der Waals surface area (Å²) < 4.78 is 0. The van der Waals surface area contributed by atoms with E-state index in [2.05, 4.69) is 10.6 Å². The lowest BCUT2D eigenvalue weighted by molar-refractivity contribution is -0.135. The Morgan fingerprint density at radius 3 is 2.62 bits per heavy atom. The molecule has 0 bridgehead atoms. The molecule has 2 unspecified atom stereocenters. The summed E-state index contributed by atoms with van der Waals surface area (Å²) in [6, 6.07) is 20.4. The van der Waals surface area contributed by atoms with Gasteiger partial charge in [0.2, 0.25) is 5.91 Å². The second kappa shape index (κ2) is 8.24. The van der Waals surface area contributed by atoms with E-state index in [9.17, 15) is 14.4 Å². The summed E-state index contributed by atoms with van der Waals surface area (Å²) in [5.41, 5.74) is 1.78. The molecule has 3 aromatic rings. The van der Waals surface area contributed by atoms with Crippen molar-refractivity contribution < 1.29 is 14.4 Å². The number of amides is 4. The number of urea groups is 1. The average molecular weight is 446 g/mol. The molecule has 1 saturated heterocycles. The summed E-state index contributed by atoms with van der Waals surface area (Å²) in [5, 5.41) is 7.87. The minimum absolute atomic E-state index is 0.316. The second-order valence-electron chi connectivity index (χ2n) is 8.16. The molecule has 2 N–H and O–H groups in total. The van der Waals surface area contributed by atoms with Crippen LogP contribution >= 0.6 is 11.3 Å². The first-order valence-electron chi connectivity index (χ1n) is 10.7. The van der Waals surface area contributed by atoms with Crippen molar-refractivity contribution in [1.82, 2.24) is 15.5 Å². The fourth-order valence-corrected chi connectivity index (χ4v) is 5.53. The molecule has 5 rings (SSSR count). The van der Waals surface area contributed by atoms with Crippen molar-refractivity contribution in [3.63, 3.8) is 0 Å². The summed E-state index contributed by atoms with van der Waals surface area (Å²) in [6.07, 6.45) is 2.22. The molecule has 7 heteroatoms. The van der Waals surface area contributed by atoms with E-state index in [1.54, 1.807) is 11.3 Å². The molecular weight excluding hydrogens is 422 g/mol. The number of carbonyl (C=O) groups is 3. The van der Waals surface area contributed by atoms with Crippen LogP contribution in [-0.2, 0) is 21.5 Å². The lowest BCUT2D eigenvalue weighted by atomic mass is 9.76. The van der Waals surface area contributed by atoms with Gasteiger partial charge in [-0.3, -0.25) is 14.5 Å². The Morgan fingerprint density at radius 1 is 1.06 bits per heavy atom. The molecule has 2 aliphatic rings. The summed E-state index contributed by atoms with van der Waals surface area (Å²) in [7, 11) is 0. The Labute approximate surface area is 190 Å². The van der Waals surface area contributed by atoms with Gasteiger partial charge < -0.3 is 10.6 Å². The first-order chi connectivity index (χ1) is 15.6. The van der Waals surface area contributed by atoms with Crippen LogP contribution in [0.1, 0.15) is 40.5 Å². The van der Waals surface area contributed by atoms with Gasteiger partial charge in [0.25, 0.3) is 5.91 Å². The quantitative estimate of drug-likeness (QED) is 0.588. The van der Waals surface area contributed by atoms with E-state index >= 15 is 0 Å². The Kier molecular flexibility index (Phi) is 5.27. The van der Waals surface area contributed by atoms with Gasteiger partial charge >= 0.3 is 6.03 Å². The monoisotopic (exact) mass is 445 g/mol. The zero-order chi connectivity index (χ0) is 22.1. The van der Waals surface area contributed by atoms with Crippen molar-refractivity contribution in [2.75, 3.05) is 6.54 Å². The molecule has 2 atom stereocenters. The SMILES string of the molecule is O=C(CN1C(=O)NC2(CCCc3ccccc32)C1=O)NC(c1ccccc1)c1cccs1. The van der Waals surface area contributed by atoms with Crippen molar-refractivity contribution in [1.29, 1.82) is 0 Å². The summed E-state index contributed by atoms with van der Waals surface area (Å²) in [5.74, 6) is -0.728. The molecule has 1 aliphatic heterocycles. The molecule has 4 amide bonds. The number of nitrogens with one attached hydrogen (secondary N) is 2. The van der Waals surface area contributed by atoms with E-state index in [-0.39, 0.29) is 24.4 Å². The van der Waals surface area contributed by atoms with E-state index in [1.165, 1.54) is 0 Å². The van der Waals surface area contributed by atoms with Gasteiger partial charge in [0.05, 0.1) is 6.04 Å². The zero-order valence-electron chi connectivity index (χ0n) is 17.4. The maximum absolute atomic E-state index is 13.4. The van der Waals surface area contributed by atoms with Crippen LogP contribution in [0, 0.1) is 0 Å². The molecular formula is C25H23N3O3S. The van der Waals surface area contributed by atoms with Crippen LogP contribution in [0.25, 0.3) is 0 Å². The molecule has 6 nitrogen and oxygen atoms in total. The first-order valence-corrected chi connectivity index (χ1v) is 11.6. The second-order valence-corrected chi connectivity index (χ2v) is 9.14. The van der Waals surface area contributed by atoms with Gasteiger partial charge in [0.1, 0.15) is 12.1 Å². The average Bonchev–Trinajstić information content (AvgIpc) is 3.42. The molecule has 32 heavy (non-hydrogen) atoms. The predicted molar refractivity (Wildman–Crippen MR) is 122 cm³/mol. The van der Waals surface area contributed by atoms with Crippen LogP contribution < -0.4 is 10.6 Å². The fraction of sp³-hybridized carbons (Fsp3) is 0.240. The van der Waals surface area contributed by atoms with Crippen molar-refractivity contribution >= 4 is 29.2 Å². The number of hydrogen-bond donors (Lipinski definition) is 2. The smallest absolute Gasteiger partial charge is 0.325 e. The number of aryl methyl sites for hydroxylation is 1. The molecule has 0 radical (unpaired) electrons. The van der Waals surface area contributed by atoms with Crippen LogP contribution in [0.2, 0.25) is 0 Å². The van der Waals surface area contributed by atoms with Gasteiger partial charge in [-0.05, 0) is 47.4 Å². The number of imide groups is 1. The highest BCUT2D eigenvalue weighted by molar-refractivity contribution is 7.10. The highest BCUT2D eigenvalue weighted by atomic mass is 32.1. The molecule has 1 fully saturated rings. The number of thiophene rings is 1. The third kappa shape index (κ3) is 3.48. The molecule has 162 valence electrons. The topological polar surface area (TPSA) is 78.5 Å². The van der Waals surface area contributed by atoms with Crippen LogP contribution in [0.3, 0.4) is 0 Å². The summed E-state index contributed by atoms with van der Waals surface area (Å²) in [6.45, 7) is -0.316. The van der Waals surface area contributed by atoms with Crippen molar-refractivity contribution in [2.45, 2.75) is 30.8 Å². The van der Waals surface area contributed by atoms with E-state index in [4.69, 9.17) is 0 Å². The summed E-state index contributed by atoms with van der Waals surface area (Å²) in [4.78, 5) is 41.3. The number of rotatable bonds is 5. The molecule has 2 aromatic carbocycles. The number of hydrogen-bond acceptors (Lipinski definition) is 4. The summed E-state index contributed by atoms with van der Waals surface area (Å²) >= 11 is 1.55. The molecule has 2 heterocycles. The molecule has 1 aliphatic carbocycles. The number of benzene rings is 2. The minimum atomic E-state index is -1.07. The van der Waals surface area contributed by atoms with E-state index in [1.807, 2.05) is 72.1 Å². The van der Waals surface area contributed by atoms with Crippen LogP contribution in [0.4, 0.5) is 4.79 Å². The van der Waals surface area contributed by atoms with Crippen LogP contribution in [-0.4, -0.2) is 29.3 Å². The first kappa shape index (κ1) is 20.5. The lowest BCUT2D eigenvalue weighted by Gasteiger charge is -2.33. The van der Waals surface area contributed by atoms with Gasteiger partial charge in [-0.25, -0.2) is 4.79 Å². The van der Waals surface area contributed by atoms with Gasteiger partial charge in [-0.1, -0.05) is 60.7 Å². The molecule has 1 spiro atoms. The number of nitrogens with zero attached hydrogens (tertiary/aromatic N) is 1. The minimum Gasteiger partial charge on any atom is -0.343 e. The van der Waals surface area contributed by atoms with Crippen LogP contribution in [0.15, 0.2) is 72.1 Å². The third-order valence-corrected chi connectivity index (χ3v) is 7.16. The number of carbonyl (C=O) groups excluding carboxylic acids is 3. The third-order valence-electron chi connectivity index (χ3n) is 6.22. The Balaban J connectivity index is 1.37. The Bertz CT molecular complexity index is 1160. The number of fused-ring (bicyclic) bond motifs is 2. The zero-order valence-corrected chi connectivity index (χ0v) is 18.2. The Hall–Kier alpha value is -3.45. The predicted octanol–water partition coefficient (Wildman–Crippen LogP) is 3.74. The maximum atomic E-state index is 13.4. The largest absolute Gasteiger partial charge is 0.343 e. The lowest BCUT2D eigenvalue weighted by Crippen LogP contribution is -2.47. The van der Waals surface area contributed by atoms with Gasteiger partial charge in [-0.15, -0.1) is 11.3 Å². The maximum Gasteiger partial charge on any atom is 0.325 e. The normalized spacial score (nSPS) is 20.7. The van der Waals surface area contributed by atoms with E-state index in [0.29, 0.717) is 6.42 Å². The van der Waals surface area contributed by atoms with Gasteiger partial charge in [0, 0.05) is 4.88 Å². The molecule has 0 saturated carbocycles. The van der Waals surface area contributed by atoms with Crippen molar-refractivity contribution in [2.24, 2.45) is 0 Å². The van der Waals surface area contributed by atoms with Gasteiger partial charge in [0.15, 0.2) is 0 Å². The fourth-order valence-electron chi connectivity index (χ4n) is 4.72.